The first kappa shape index (κ1) is 26.7. The largest absolute Gasteiger partial charge is 0.379 e. The fourth-order valence-electron chi connectivity index (χ4n) is 4.35. The summed E-state index contributed by atoms with van der Waals surface area (Å²) in [6.07, 6.45) is 0.417. The van der Waals surface area contributed by atoms with Gasteiger partial charge in [0.05, 0.1) is 13.2 Å². The van der Waals surface area contributed by atoms with E-state index in [1.165, 1.54) is 0 Å². The molecule has 3 N–H and O–H groups in total. The number of urea groups is 1. The van der Waals surface area contributed by atoms with Gasteiger partial charge in [-0.25, -0.2) is 4.79 Å². The van der Waals surface area contributed by atoms with Gasteiger partial charge < -0.3 is 20.7 Å². The van der Waals surface area contributed by atoms with E-state index >= 15 is 0 Å². The Kier molecular flexibility index (Phi) is 10.1. The molecule has 1 aliphatic heterocycles. The van der Waals surface area contributed by atoms with E-state index in [2.05, 4.69) is 48.5 Å². The normalized spacial score (nSPS) is 15.1. The van der Waals surface area contributed by atoms with Crippen molar-refractivity contribution in [2.45, 2.75) is 52.0 Å². The van der Waals surface area contributed by atoms with Crippen LogP contribution in [0.5, 0.6) is 0 Å². The fraction of sp³-hybridized carbons (Fsp3) is 0.500. The quantitative estimate of drug-likeness (QED) is 0.478. The number of nitrogens with zero attached hydrogens (tertiary/aromatic N) is 1. The third kappa shape index (κ3) is 8.08. The molecule has 7 nitrogen and oxygen atoms in total. The molecule has 35 heavy (non-hydrogen) atoms. The predicted octanol–water partition coefficient (Wildman–Crippen LogP) is 4.11. The number of carbonyl (C=O) groups excluding carboxylic acids is 2. The summed E-state index contributed by atoms with van der Waals surface area (Å²) in [5, 5.41) is 9.02. The van der Waals surface area contributed by atoms with Gasteiger partial charge >= 0.3 is 6.03 Å². The van der Waals surface area contributed by atoms with Crippen molar-refractivity contribution in [3.8, 4) is 0 Å². The lowest BCUT2D eigenvalue weighted by Crippen LogP contribution is -2.51. The summed E-state index contributed by atoms with van der Waals surface area (Å²) in [4.78, 5) is 28.6. The molecule has 1 atom stereocenters. The van der Waals surface area contributed by atoms with Crippen LogP contribution >= 0.6 is 0 Å². The van der Waals surface area contributed by atoms with E-state index in [0.29, 0.717) is 13.0 Å². The maximum absolute atomic E-state index is 13.2. The summed E-state index contributed by atoms with van der Waals surface area (Å²) in [6, 6.07) is 14.8. The number of nitrogens with one attached hydrogen (secondary N) is 3. The molecule has 2 aromatic carbocycles. The number of rotatable bonds is 10. The molecule has 3 amide bonds. The Morgan fingerprint density at radius 3 is 2.14 bits per heavy atom. The lowest BCUT2D eigenvalue weighted by molar-refractivity contribution is -0.123. The Morgan fingerprint density at radius 1 is 0.914 bits per heavy atom. The van der Waals surface area contributed by atoms with Crippen molar-refractivity contribution in [1.29, 1.82) is 0 Å². The minimum atomic E-state index is -0.684. The minimum absolute atomic E-state index is 0.182. The van der Waals surface area contributed by atoms with Crippen LogP contribution in [-0.4, -0.2) is 62.3 Å². The highest BCUT2D eigenvalue weighted by Crippen LogP contribution is 2.32. The molecule has 0 aromatic heterocycles. The molecule has 1 aliphatic rings. The molecular formula is C28H40N4O3. The lowest BCUT2D eigenvalue weighted by Gasteiger charge is -2.27. The second-order valence-electron chi connectivity index (χ2n) is 9.71. The number of hydrogen-bond acceptors (Lipinski definition) is 4. The number of morpholine rings is 1. The van der Waals surface area contributed by atoms with Crippen LogP contribution in [0.4, 0.5) is 10.5 Å². The highest BCUT2D eigenvalue weighted by Gasteiger charge is 2.23. The molecule has 0 aliphatic carbocycles. The number of carbonyl (C=O) groups is 2. The minimum Gasteiger partial charge on any atom is -0.379 e. The van der Waals surface area contributed by atoms with Crippen LogP contribution in [0.3, 0.4) is 0 Å². The summed E-state index contributed by atoms with van der Waals surface area (Å²) in [6.45, 7) is 12.9. The third-order valence-electron chi connectivity index (χ3n) is 6.35. The van der Waals surface area contributed by atoms with Crippen LogP contribution in [-0.2, 0) is 16.0 Å². The van der Waals surface area contributed by atoms with E-state index in [9.17, 15) is 9.59 Å². The predicted molar refractivity (Wildman–Crippen MR) is 141 cm³/mol. The highest BCUT2D eigenvalue weighted by molar-refractivity contribution is 5.95. The van der Waals surface area contributed by atoms with Gasteiger partial charge in [0.2, 0.25) is 5.91 Å². The van der Waals surface area contributed by atoms with Crippen LogP contribution in [0.1, 0.15) is 56.2 Å². The molecule has 190 valence electrons. The van der Waals surface area contributed by atoms with E-state index in [0.717, 1.165) is 55.2 Å². The number of amides is 3. The molecule has 0 bridgehead atoms. The number of para-hydroxylation sites is 1. The fourth-order valence-corrected chi connectivity index (χ4v) is 4.35. The van der Waals surface area contributed by atoms with E-state index in [1.54, 1.807) is 0 Å². The lowest BCUT2D eigenvalue weighted by atomic mass is 9.93. The number of hydrogen-bond donors (Lipinski definition) is 3. The van der Waals surface area contributed by atoms with Gasteiger partial charge in [-0.15, -0.1) is 0 Å². The average Bonchev–Trinajstić information content (AvgIpc) is 2.84. The van der Waals surface area contributed by atoms with Gasteiger partial charge in [0, 0.05) is 38.3 Å². The molecule has 1 fully saturated rings. The summed E-state index contributed by atoms with van der Waals surface area (Å²) in [7, 11) is 0. The van der Waals surface area contributed by atoms with Crippen LogP contribution in [0.25, 0.3) is 0 Å². The van der Waals surface area contributed by atoms with Crippen LogP contribution in [0.2, 0.25) is 0 Å². The van der Waals surface area contributed by atoms with Gasteiger partial charge in [0.1, 0.15) is 6.04 Å². The van der Waals surface area contributed by atoms with Crippen molar-refractivity contribution in [2.75, 3.05) is 44.7 Å². The van der Waals surface area contributed by atoms with Gasteiger partial charge in [-0.1, -0.05) is 76.2 Å². The van der Waals surface area contributed by atoms with Crippen molar-refractivity contribution in [3.63, 3.8) is 0 Å². The second kappa shape index (κ2) is 13.3. The summed E-state index contributed by atoms with van der Waals surface area (Å²) in [5.41, 5.74) is 4.00. The van der Waals surface area contributed by atoms with Crippen molar-refractivity contribution in [1.82, 2.24) is 15.5 Å². The molecular weight excluding hydrogens is 440 g/mol. The molecule has 0 spiro atoms. The zero-order chi connectivity index (χ0) is 25.2. The average molecular weight is 481 g/mol. The van der Waals surface area contributed by atoms with E-state index in [4.69, 9.17) is 4.74 Å². The number of anilines is 1. The van der Waals surface area contributed by atoms with Gasteiger partial charge in [-0.3, -0.25) is 9.69 Å². The first-order valence-corrected chi connectivity index (χ1v) is 12.7. The second-order valence-corrected chi connectivity index (χ2v) is 9.71. The maximum atomic E-state index is 13.2. The Bertz CT molecular complexity index is 930. The zero-order valence-corrected chi connectivity index (χ0v) is 21.5. The number of ether oxygens (including phenoxy) is 1. The van der Waals surface area contributed by atoms with E-state index < -0.39 is 6.04 Å². The molecule has 3 rings (SSSR count). The molecule has 7 heteroatoms. The summed E-state index contributed by atoms with van der Waals surface area (Å²) in [5.74, 6) is 0.332. The molecule has 1 unspecified atom stereocenters. The Balaban J connectivity index is 1.70. The zero-order valence-electron chi connectivity index (χ0n) is 21.5. The molecule has 0 radical (unpaired) electrons. The van der Waals surface area contributed by atoms with E-state index in [-0.39, 0.29) is 23.8 Å². The van der Waals surface area contributed by atoms with Crippen molar-refractivity contribution in [3.05, 3.63) is 65.2 Å². The first-order valence-electron chi connectivity index (χ1n) is 12.7. The van der Waals surface area contributed by atoms with Crippen LogP contribution < -0.4 is 16.0 Å². The van der Waals surface area contributed by atoms with E-state index in [1.807, 2.05) is 48.5 Å². The van der Waals surface area contributed by atoms with Crippen LogP contribution in [0, 0.1) is 0 Å². The van der Waals surface area contributed by atoms with Crippen LogP contribution in [0.15, 0.2) is 48.5 Å². The molecule has 0 saturated carbocycles. The van der Waals surface area contributed by atoms with Gasteiger partial charge in [0.15, 0.2) is 0 Å². The van der Waals surface area contributed by atoms with Gasteiger partial charge in [0.25, 0.3) is 0 Å². The Morgan fingerprint density at radius 2 is 1.54 bits per heavy atom. The molecule has 2 aromatic rings. The van der Waals surface area contributed by atoms with Crippen molar-refractivity contribution >= 4 is 17.6 Å². The highest BCUT2D eigenvalue weighted by atomic mass is 16.5. The monoisotopic (exact) mass is 480 g/mol. The van der Waals surface area contributed by atoms with Crippen molar-refractivity contribution < 1.29 is 14.3 Å². The topological polar surface area (TPSA) is 82.7 Å². The molecule has 1 heterocycles. The first-order chi connectivity index (χ1) is 16.8. The molecule has 1 saturated heterocycles. The summed E-state index contributed by atoms with van der Waals surface area (Å²) >= 11 is 0. The Hall–Kier alpha value is -2.90. The summed E-state index contributed by atoms with van der Waals surface area (Å²) < 4.78 is 5.39. The number of benzene rings is 2. The van der Waals surface area contributed by atoms with Gasteiger partial charge in [-0.2, -0.15) is 0 Å². The van der Waals surface area contributed by atoms with Gasteiger partial charge in [-0.05, 0) is 28.5 Å². The smallest absolute Gasteiger partial charge is 0.319 e. The Labute approximate surface area is 209 Å². The maximum Gasteiger partial charge on any atom is 0.319 e. The van der Waals surface area contributed by atoms with Crippen molar-refractivity contribution in [2.24, 2.45) is 0 Å². The SMILES string of the molecule is CC(C)c1cccc(C(C)C)c1NC(=O)NC(Cc1ccccc1)C(=O)NCCN1CCOCC1. The standard InChI is InChI=1S/C28H40N4O3/c1-20(2)23-11-8-12-24(21(3)4)26(23)31-28(34)30-25(19-22-9-6-5-7-10-22)27(33)29-13-14-32-15-17-35-18-16-32/h5-12,20-21,25H,13-19H2,1-4H3,(H,29,33)(H2,30,31,34). The third-order valence-corrected chi connectivity index (χ3v) is 6.35.